The number of nitrogens with zero attached hydrogens (tertiary/aromatic N) is 5. The lowest BCUT2D eigenvalue weighted by Crippen LogP contribution is -2.32. The second-order valence-electron chi connectivity index (χ2n) is 10.6. The summed E-state index contributed by atoms with van der Waals surface area (Å²) in [5.41, 5.74) is 9.76. The average molecular weight is 593 g/mol. The van der Waals surface area contributed by atoms with Gasteiger partial charge in [0.05, 0.1) is 16.8 Å². The van der Waals surface area contributed by atoms with Crippen molar-refractivity contribution in [3.05, 3.63) is 57.4 Å². The molecule has 2 aliphatic heterocycles. The van der Waals surface area contributed by atoms with Crippen LogP contribution in [0.1, 0.15) is 35.9 Å². The number of anilines is 1. The van der Waals surface area contributed by atoms with Crippen molar-refractivity contribution in [2.75, 3.05) is 38.6 Å². The molecular formula is C29H34BrN7O2. The van der Waals surface area contributed by atoms with E-state index in [-0.39, 0.29) is 12.1 Å². The third kappa shape index (κ3) is 4.80. The van der Waals surface area contributed by atoms with Crippen LogP contribution in [0, 0.1) is 13.8 Å². The Morgan fingerprint density at radius 3 is 2.90 bits per heavy atom. The second-order valence-corrected chi connectivity index (χ2v) is 11.5. The first-order chi connectivity index (χ1) is 18.8. The molecule has 0 bridgehead atoms. The number of hydrogen-bond acceptors (Lipinski definition) is 6. The van der Waals surface area contributed by atoms with Gasteiger partial charge in [-0.2, -0.15) is 0 Å². The summed E-state index contributed by atoms with van der Waals surface area (Å²) < 4.78 is 8.34. The third-order valence-corrected chi connectivity index (χ3v) is 8.48. The van der Waals surface area contributed by atoms with Crippen LogP contribution in [0.4, 0.5) is 10.5 Å². The van der Waals surface area contributed by atoms with Crippen LogP contribution in [0.15, 0.2) is 34.9 Å². The molecule has 1 aromatic carbocycles. The number of aryl methyl sites for hydroxylation is 1. The standard InChI is InChI=1S/C29H34BrN7O2/c1-5-39-29(38)36-11-9-21(16-36)32-25-24(30)14-31-28-26(25)33-27(34-28)23-12-17(2)37(18(23)3)22-7-6-19-8-10-35(4)15-20(19)13-22/h6-7,12-14,21H,5,8-11,15-16H2,1-4H3,(H2,31,32,33,34)/t21-/m0/s1. The maximum absolute atomic E-state index is 12.2. The van der Waals surface area contributed by atoms with E-state index in [2.05, 4.69) is 85.8 Å². The van der Waals surface area contributed by atoms with Crippen LogP contribution >= 0.6 is 15.9 Å². The molecule has 2 aliphatic rings. The van der Waals surface area contributed by atoms with Gasteiger partial charge in [-0.1, -0.05) is 6.07 Å². The molecule has 9 nitrogen and oxygen atoms in total. The fraction of sp³-hybridized carbons (Fsp3) is 0.414. The van der Waals surface area contributed by atoms with E-state index >= 15 is 0 Å². The predicted molar refractivity (Wildman–Crippen MR) is 156 cm³/mol. The van der Waals surface area contributed by atoms with E-state index in [0.717, 1.165) is 64.4 Å². The van der Waals surface area contributed by atoms with E-state index in [1.165, 1.54) is 16.8 Å². The van der Waals surface area contributed by atoms with E-state index < -0.39 is 0 Å². The number of hydrogen-bond donors (Lipinski definition) is 2. The molecule has 2 N–H and O–H groups in total. The summed E-state index contributed by atoms with van der Waals surface area (Å²) in [6.07, 6.45) is 3.46. The van der Waals surface area contributed by atoms with Crippen molar-refractivity contribution in [1.29, 1.82) is 0 Å². The lowest BCUT2D eigenvalue weighted by atomic mass is 9.99. The van der Waals surface area contributed by atoms with Crippen molar-refractivity contribution in [3.8, 4) is 17.1 Å². The summed E-state index contributed by atoms with van der Waals surface area (Å²) in [4.78, 5) is 29.3. The van der Waals surface area contributed by atoms with E-state index in [4.69, 9.17) is 9.72 Å². The molecule has 204 valence electrons. The van der Waals surface area contributed by atoms with E-state index in [1.54, 1.807) is 11.1 Å². The molecule has 1 atom stereocenters. The Morgan fingerprint density at radius 2 is 2.08 bits per heavy atom. The zero-order chi connectivity index (χ0) is 27.3. The van der Waals surface area contributed by atoms with Crippen LogP contribution in [0.2, 0.25) is 0 Å². The monoisotopic (exact) mass is 591 g/mol. The number of pyridine rings is 1. The Hall–Kier alpha value is -3.37. The van der Waals surface area contributed by atoms with Gasteiger partial charge in [-0.3, -0.25) is 0 Å². The molecule has 5 heterocycles. The van der Waals surface area contributed by atoms with Gasteiger partial charge in [-0.25, -0.2) is 14.8 Å². The minimum atomic E-state index is -0.258. The molecule has 10 heteroatoms. The van der Waals surface area contributed by atoms with Gasteiger partial charge in [0.2, 0.25) is 0 Å². The largest absolute Gasteiger partial charge is 0.450 e. The average Bonchev–Trinajstić information content (AvgIpc) is 3.63. The Bertz CT molecular complexity index is 1560. The molecule has 1 fully saturated rings. The van der Waals surface area contributed by atoms with E-state index in [0.29, 0.717) is 25.3 Å². The van der Waals surface area contributed by atoms with Crippen LogP contribution in [-0.4, -0.2) is 74.7 Å². The number of benzene rings is 1. The number of rotatable bonds is 5. The molecule has 6 rings (SSSR count). The van der Waals surface area contributed by atoms with Crippen LogP contribution in [0.25, 0.3) is 28.2 Å². The molecule has 0 saturated carbocycles. The van der Waals surface area contributed by atoms with Crippen LogP contribution in [-0.2, 0) is 17.7 Å². The van der Waals surface area contributed by atoms with Crippen molar-refractivity contribution >= 4 is 38.9 Å². The molecule has 3 aromatic heterocycles. The minimum Gasteiger partial charge on any atom is -0.450 e. The first-order valence-corrected chi connectivity index (χ1v) is 14.3. The highest BCUT2D eigenvalue weighted by molar-refractivity contribution is 9.10. The summed E-state index contributed by atoms with van der Waals surface area (Å²) in [7, 11) is 2.18. The molecule has 0 aliphatic carbocycles. The number of H-pyrrole nitrogens is 1. The number of aromatic amines is 1. The number of imidazole rings is 1. The Balaban J connectivity index is 1.31. The molecule has 0 unspecified atom stereocenters. The van der Waals surface area contributed by atoms with Gasteiger partial charge in [0.15, 0.2) is 5.65 Å². The van der Waals surface area contributed by atoms with Crippen LogP contribution in [0.3, 0.4) is 0 Å². The van der Waals surface area contributed by atoms with Gasteiger partial charge < -0.3 is 29.4 Å². The first-order valence-electron chi connectivity index (χ1n) is 13.5. The topological polar surface area (TPSA) is 91.3 Å². The highest BCUT2D eigenvalue weighted by Gasteiger charge is 2.28. The molecule has 1 amide bonds. The summed E-state index contributed by atoms with van der Waals surface area (Å²) in [5.74, 6) is 0.787. The molecule has 0 spiro atoms. The fourth-order valence-electron chi connectivity index (χ4n) is 5.89. The summed E-state index contributed by atoms with van der Waals surface area (Å²) in [6, 6.07) is 9.14. The number of fused-ring (bicyclic) bond motifs is 2. The lowest BCUT2D eigenvalue weighted by molar-refractivity contribution is 0.115. The number of amides is 1. The van der Waals surface area contributed by atoms with Crippen molar-refractivity contribution in [2.24, 2.45) is 0 Å². The lowest BCUT2D eigenvalue weighted by Gasteiger charge is -2.25. The minimum absolute atomic E-state index is 0.108. The van der Waals surface area contributed by atoms with Crippen molar-refractivity contribution in [3.63, 3.8) is 0 Å². The van der Waals surface area contributed by atoms with E-state index in [9.17, 15) is 4.79 Å². The highest BCUT2D eigenvalue weighted by Crippen LogP contribution is 2.35. The van der Waals surface area contributed by atoms with E-state index in [1.807, 2.05) is 6.92 Å². The van der Waals surface area contributed by atoms with Crippen molar-refractivity contribution in [1.82, 2.24) is 29.3 Å². The van der Waals surface area contributed by atoms with Gasteiger partial charge in [-0.05, 0) is 85.9 Å². The van der Waals surface area contributed by atoms with Gasteiger partial charge in [0.1, 0.15) is 11.3 Å². The molecular weight excluding hydrogens is 558 g/mol. The molecule has 0 radical (unpaired) electrons. The number of halogens is 1. The number of nitrogens with one attached hydrogen (secondary N) is 2. The zero-order valence-corrected chi connectivity index (χ0v) is 24.4. The fourth-order valence-corrected chi connectivity index (χ4v) is 6.30. The summed E-state index contributed by atoms with van der Waals surface area (Å²) in [5, 5.41) is 3.62. The number of carbonyl (C=O) groups excluding carboxylic acids is 1. The zero-order valence-electron chi connectivity index (χ0n) is 22.8. The Labute approximate surface area is 236 Å². The SMILES string of the molecule is CCOC(=O)N1CC[C@H](Nc2c(Br)cnc3nc(-c4cc(C)n(-c5ccc6c(c5)CN(C)CC6)c4C)[nH]c23)C1. The van der Waals surface area contributed by atoms with Crippen molar-refractivity contribution < 1.29 is 9.53 Å². The number of aromatic nitrogens is 4. The number of ether oxygens (including phenoxy) is 1. The Kier molecular flexibility index (Phi) is 6.84. The smallest absolute Gasteiger partial charge is 0.409 e. The summed E-state index contributed by atoms with van der Waals surface area (Å²) >= 11 is 3.67. The summed E-state index contributed by atoms with van der Waals surface area (Å²) in [6.45, 7) is 9.84. The number of carbonyl (C=O) groups is 1. The van der Waals surface area contributed by atoms with Gasteiger partial charge >= 0.3 is 6.09 Å². The second kappa shape index (κ2) is 10.3. The Morgan fingerprint density at radius 1 is 1.23 bits per heavy atom. The predicted octanol–water partition coefficient (Wildman–Crippen LogP) is 5.43. The van der Waals surface area contributed by atoms with Gasteiger partial charge in [0, 0.05) is 61.1 Å². The normalized spacial score (nSPS) is 17.6. The third-order valence-electron chi connectivity index (χ3n) is 7.87. The number of likely N-dealkylation sites (tertiary alicyclic amines) is 1. The maximum Gasteiger partial charge on any atom is 0.409 e. The molecule has 39 heavy (non-hydrogen) atoms. The van der Waals surface area contributed by atoms with Gasteiger partial charge in [0.25, 0.3) is 0 Å². The number of likely N-dealkylation sites (N-methyl/N-ethyl adjacent to an activating group) is 1. The quantitative estimate of drug-likeness (QED) is 0.322. The molecule has 1 saturated heterocycles. The van der Waals surface area contributed by atoms with Crippen LogP contribution in [0.5, 0.6) is 0 Å². The van der Waals surface area contributed by atoms with Gasteiger partial charge in [-0.15, -0.1) is 0 Å². The maximum atomic E-state index is 12.2. The first kappa shape index (κ1) is 25.9. The van der Waals surface area contributed by atoms with Crippen LogP contribution < -0.4 is 5.32 Å². The highest BCUT2D eigenvalue weighted by atomic mass is 79.9. The molecule has 4 aromatic rings. The van der Waals surface area contributed by atoms with Crippen molar-refractivity contribution in [2.45, 2.75) is 46.2 Å².